The fraction of sp³-hybridized carbons (Fsp3) is 0.647. The SMILES string of the molecule is Cc1cccc(N(CCCN)CCOCCC(C)C)c1. The zero-order valence-corrected chi connectivity index (χ0v) is 13.3. The minimum absolute atomic E-state index is 0.708. The third kappa shape index (κ3) is 6.92. The van der Waals surface area contributed by atoms with Crippen molar-refractivity contribution in [3.05, 3.63) is 29.8 Å². The van der Waals surface area contributed by atoms with Gasteiger partial charge in [0.15, 0.2) is 0 Å². The van der Waals surface area contributed by atoms with Crippen molar-refractivity contribution in [2.45, 2.75) is 33.6 Å². The summed E-state index contributed by atoms with van der Waals surface area (Å²) in [7, 11) is 0. The van der Waals surface area contributed by atoms with Gasteiger partial charge in [0.2, 0.25) is 0 Å². The standard InChI is InChI=1S/C17H30N2O/c1-15(2)8-12-20-13-11-19(10-5-9-18)17-7-4-6-16(3)14-17/h4,6-7,14-15H,5,8-13,18H2,1-3H3. The summed E-state index contributed by atoms with van der Waals surface area (Å²) >= 11 is 0. The highest BCUT2D eigenvalue weighted by Crippen LogP contribution is 2.16. The molecule has 0 aliphatic rings. The summed E-state index contributed by atoms with van der Waals surface area (Å²) in [6, 6.07) is 8.63. The predicted molar refractivity (Wildman–Crippen MR) is 87.3 cm³/mol. The molecule has 1 aromatic carbocycles. The van der Waals surface area contributed by atoms with Gasteiger partial charge in [0.05, 0.1) is 6.61 Å². The monoisotopic (exact) mass is 278 g/mol. The maximum absolute atomic E-state index is 5.73. The van der Waals surface area contributed by atoms with Gasteiger partial charge in [0, 0.05) is 25.4 Å². The van der Waals surface area contributed by atoms with Gasteiger partial charge in [-0.3, -0.25) is 0 Å². The molecule has 0 unspecified atom stereocenters. The summed E-state index contributed by atoms with van der Waals surface area (Å²) in [5.74, 6) is 0.708. The van der Waals surface area contributed by atoms with Gasteiger partial charge in [-0.05, 0) is 49.9 Å². The second-order valence-electron chi connectivity index (χ2n) is 5.76. The molecule has 2 N–H and O–H groups in total. The number of nitrogens with two attached hydrogens (primary N) is 1. The van der Waals surface area contributed by atoms with Gasteiger partial charge >= 0.3 is 0 Å². The van der Waals surface area contributed by atoms with Crippen molar-refractivity contribution in [1.82, 2.24) is 0 Å². The molecule has 0 aliphatic carbocycles. The number of anilines is 1. The minimum atomic E-state index is 0.708. The molecule has 1 aromatic rings. The Morgan fingerprint density at radius 3 is 2.65 bits per heavy atom. The van der Waals surface area contributed by atoms with E-state index in [9.17, 15) is 0 Å². The fourth-order valence-electron chi connectivity index (χ4n) is 2.07. The van der Waals surface area contributed by atoms with Gasteiger partial charge in [-0.2, -0.15) is 0 Å². The van der Waals surface area contributed by atoms with E-state index in [0.29, 0.717) is 5.92 Å². The van der Waals surface area contributed by atoms with E-state index >= 15 is 0 Å². The van der Waals surface area contributed by atoms with E-state index < -0.39 is 0 Å². The highest BCUT2D eigenvalue weighted by Gasteiger charge is 2.06. The van der Waals surface area contributed by atoms with Crippen LogP contribution in [0.25, 0.3) is 0 Å². The molecule has 0 bridgehead atoms. The molecule has 3 heteroatoms. The van der Waals surface area contributed by atoms with Crippen LogP contribution in [-0.4, -0.2) is 32.8 Å². The number of benzene rings is 1. The summed E-state index contributed by atoms with van der Waals surface area (Å²) in [6.07, 6.45) is 2.15. The first-order valence-electron chi connectivity index (χ1n) is 7.73. The Morgan fingerprint density at radius 2 is 2.00 bits per heavy atom. The van der Waals surface area contributed by atoms with Crippen molar-refractivity contribution in [1.29, 1.82) is 0 Å². The van der Waals surface area contributed by atoms with Gasteiger partial charge in [0.25, 0.3) is 0 Å². The van der Waals surface area contributed by atoms with Crippen LogP contribution in [0, 0.1) is 12.8 Å². The molecule has 0 saturated carbocycles. The Labute approximate surface area is 124 Å². The Hall–Kier alpha value is -1.06. The van der Waals surface area contributed by atoms with E-state index in [1.807, 2.05) is 0 Å². The lowest BCUT2D eigenvalue weighted by atomic mass is 10.1. The molecule has 3 nitrogen and oxygen atoms in total. The van der Waals surface area contributed by atoms with Crippen LogP contribution < -0.4 is 10.6 Å². The van der Waals surface area contributed by atoms with Gasteiger partial charge in [-0.15, -0.1) is 0 Å². The van der Waals surface area contributed by atoms with Crippen LogP contribution >= 0.6 is 0 Å². The van der Waals surface area contributed by atoms with Crippen molar-refractivity contribution < 1.29 is 4.74 Å². The topological polar surface area (TPSA) is 38.5 Å². The van der Waals surface area contributed by atoms with Crippen LogP contribution in [0.15, 0.2) is 24.3 Å². The Kier molecular flexibility index (Phi) is 8.31. The summed E-state index contributed by atoms with van der Waals surface area (Å²) in [5, 5.41) is 0. The van der Waals surface area contributed by atoms with Gasteiger partial charge in [-0.1, -0.05) is 26.0 Å². The largest absolute Gasteiger partial charge is 0.380 e. The minimum Gasteiger partial charge on any atom is -0.380 e. The summed E-state index contributed by atoms with van der Waals surface area (Å²) in [6.45, 7) is 10.9. The smallest absolute Gasteiger partial charge is 0.0641 e. The molecule has 0 fully saturated rings. The normalized spacial score (nSPS) is 11.1. The van der Waals surface area contributed by atoms with Gasteiger partial charge in [0.1, 0.15) is 0 Å². The summed E-state index contributed by atoms with van der Waals surface area (Å²) in [4.78, 5) is 2.37. The lowest BCUT2D eigenvalue weighted by Gasteiger charge is -2.25. The van der Waals surface area contributed by atoms with E-state index in [2.05, 4.69) is 49.9 Å². The van der Waals surface area contributed by atoms with Crippen molar-refractivity contribution >= 4 is 5.69 Å². The first-order chi connectivity index (χ1) is 9.63. The zero-order chi connectivity index (χ0) is 14.8. The van der Waals surface area contributed by atoms with Crippen LogP contribution in [0.5, 0.6) is 0 Å². The molecule has 0 radical (unpaired) electrons. The Morgan fingerprint density at radius 1 is 1.20 bits per heavy atom. The van der Waals surface area contributed by atoms with Crippen molar-refractivity contribution in [2.75, 3.05) is 37.7 Å². The van der Waals surface area contributed by atoms with Gasteiger partial charge < -0.3 is 15.4 Å². The van der Waals surface area contributed by atoms with Crippen LogP contribution in [-0.2, 0) is 4.74 Å². The van der Waals surface area contributed by atoms with E-state index in [-0.39, 0.29) is 0 Å². The lowest BCUT2D eigenvalue weighted by Crippen LogP contribution is -2.30. The second kappa shape index (κ2) is 9.78. The number of nitrogens with zero attached hydrogens (tertiary/aromatic N) is 1. The van der Waals surface area contributed by atoms with Crippen LogP contribution in [0.4, 0.5) is 5.69 Å². The Bertz CT molecular complexity index is 366. The molecule has 0 amide bonds. The molecule has 0 aromatic heterocycles. The summed E-state index contributed by atoms with van der Waals surface area (Å²) in [5.41, 5.74) is 8.20. The van der Waals surface area contributed by atoms with E-state index in [1.165, 1.54) is 11.3 Å². The average molecular weight is 278 g/mol. The second-order valence-corrected chi connectivity index (χ2v) is 5.76. The first kappa shape index (κ1) is 17.0. The van der Waals surface area contributed by atoms with Crippen molar-refractivity contribution in [3.8, 4) is 0 Å². The maximum atomic E-state index is 5.73. The predicted octanol–water partition coefficient (Wildman–Crippen LogP) is 3.21. The summed E-state index contributed by atoms with van der Waals surface area (Å²) < 4.78 is 5.73. The van der Waals surface area contributed by atoms with E-state index in [1.54, 1.807) is 0 Å². The molecular weight excluding hydrogens is 248 g/mol. The van der Waals surface area contributed by atoms with E-state index in [0.717, 1.165) is 45.7 Å². The molecule has 0 saturated heterocycles. The number of hydrogen-bond donors (Lipinski definition) is 1. The molecular formula is C17H30N2O. The van der Waals surface area contributed by atoms with Crippen molar-refractivity contribution in [2.24, 2.45) is 11.7 Å². The molecule has 0 heterocycles. The van der Waals surface area contributed by atoms with Crippen LogP contribution in [0.1, 0.15) is 32.3 Å². The first-order valence-corrected chi connectivity index (χ1v) is 7.73. The third-order valence-electron chi connectivity index (χ3n) is 3.34. The number of aryl methyl sites for hydroxylation is 1. The molecule has 114 valence electrons. The zero-order valence-electron chi connectivity index (χ0n) is 13.3. The molecule has 0 atom stereocenters. The number of hydrogen-bond acceptors (Lipinski definition) is 3. The number of ether oxygens (including phenoxy) is 1. The van der Waals surface area contributed by atoms with Crippen molar-refractivity contribution in [3.63, 3.8) is 0 Å². The molecule has 0 aliphatic heterocycles. The highest BCUT2D eigenvalue weighted by molar-refractivity contribution is 5.48. The average Bonchev–Trinajstić information content (AvgIpc) is 2.41. The van der Waals surface area contributed by atoms with Crippen LogP contribution in [0.3, 0.4) is 0 Å². The number of rotatable bonds is 10. The fourth-order valence-corrected chi connectivity index (χ4v) is 2.07. The molecule has 0 spiro atoms. The lowest BCUT2D eigenvalue weighted by molar-refractivity contribution is 0.129. The van der Waals surface area contributed by atoms with Crippen LogP contribution in [0.2, 0.25) is 0 Å². The molecule has 1 rings (SSSR count). The quantitative estimate of drug-likeness (QED) is 0.668. The van der Waals surface area contributed by atoms with E-state index in [4.69, 9.17) is 10.5 Å². The highest BCUT2D eigenvalue weighted by atomic mass is 16.5. The maximum Gasteiger partial charge on any atom is 0.0641 e. The molecule has 20 heavy (non-hydrogen) atoms. The van der Waals surface area contributed by atoms with Gasteiger partial charge in [-0.25, -0.2) is 0 Å². The Balaban J connectivity index is 2.44. The third-order valence-corrected chi connectivity index (χ3v) is 3.34.